The van der Waals surface area contributed by atoms with E-state index in [4.69, 9.17) is 0 Å². The van der Waals surface area contributed by atoms with Crippen LogP contribution < -0.4 is 10.0 Å². The van der Waals surface area contributed by atoms with Crippen LogP contribution in [0.4, 0.5) is 5.69 Å². The van der Waals surface area contributed by atoms with Gasteiger partial charge in [0.2, 0.25) is 5.91 Å². The second-order valence-electron chi connectivity index (χ2n) is 7.68. The highest BCUT2D eigenvalue weighted by Gasteiger charge is 2.28. The van der Waals surface area contributed by atoms with Crippen molar-refractivity contribution in [1.82, 2.24) is 5.32 Å². The number of rotatable bonds is 7. The molecule has 0 unspecified atom stereocenters. The second kappa shape index (κ2) is 7.87. The average molecular weight is 409 g/mol. The molecule has 150 valence electrons. The van der Waals surface area contributed by atoms with E-state index in [1.807, 2.05) is 31.2 Å². The van der Waals surface area contributed by atoms with Crippen LogP contribution in [0.25, 0.3) is 10.8 Å². The summed E-state index contributed by atoms with van der Waals surface area (Å²) in [6.07, 6.45) is 2.66. The highest BCUT2D eigenvalue weighted by Crippen LogP contribution is 2.32. The van der Waals surface area contributed by atoms with Gasteiger partial charge in [-0.15, -0.1) is 0 Å². The molecule has 0 aliphatic heterocycles. The highest BCUT2D eigenvalue weighted by molar-refractivity contribution is 7.92. The van der Waals surface area contributed by atoms with Gasteiger partial charge >= 0.3 is 0 Å². The SMILES string of the molecule is C[C@@H](NC(=O)Cc1ccc(NS(=O)(=O)c2ccc3ccccc3c2)cc1)C1CC1. The molecule has 4 rings (SSSR count). The van der Waals surface area contributed by atoms with Crippen molar-refractivity contribution >= 4 is 32.4 Å². The lowest BCUT2D eigenvalue weighted by atomic mass is 10.1. The topological polar surface area (TPSA) is 75.3 Å². The summed E-state index contributed by atoms with van der Waals surface area (Å²) in [5.74, 6) is 0.611. The normalized spacial score (nSPS) is 15.1. The van der Waals surface area contributed by atoms with Crippen molar-refractivity contribution in [3.05, 3.63) is 72.3 Å². The number of hydrogen-bond acceptors (Lipinski definition) is 3. The molecule has 1 aliphatic carbocycles. The maximum atomic E-state index is 12.7. The Labute approximate surface area is 171 Å². The van der Waals surface area contributed by atoms with Crippen molar-refractivity contribution in [2.75, 3.05) is 4.72 Å². The lowest BCUT2D eigenvalue weighted by Crippen LogP contribution is -2.35. The molecule has 5 nitrogen and oxygen atoms in total. The number of fused-ring (bicyclic) bond motifs is 1. The second-order valence-corrected chi connectivity index (χ2v) is 9.36. The van der Waals surface area contributed by atoms with Gasteiger partial charge in [0.25, 0.3) is 10.0 Å². The van der Waals surface area contributed by atoms with Gasteiger partial charge in [0.1, 0.15) is 0 Å². The van der Waals surface area contributed by atoms with Crippen LogP contribution in [-0.2, 0) is 21.2 Å². The lowest BCUT2D eigenvalue weighted by molar-refractivity contribution is -0.121. The molecule has 0 saturated heterocycles. The van der Waals surface area contributed by atoms with Crippen molar-refractivity contribution in [2.24, 2.45) is 5.92 Å². The summed E-state index contributed by atoms with van der Waals surface area (Å²) in [6, 6.07) is 19.8. The van der Waals surface area contributed by atoms with Crippen molar-refractivity contribution in [3.63, 3.8) is 0 Å². The molecule has 3 aromatic rings. The zero-order chi connectivity index (χ0) is 20.4. The van der Waals surface area contributed by atoms with Gasteiger partial charge in [0, 0.05) is 11.7 Å². The molecule has 29 heavy (non-hydrogen) atoms. The third kappa shape index (κ3) is 4.77. The zero-order valence-electron chi connectivity index (χ0n) is 16.3. The molecule has 1 amide bonds. The number of hydrogen-bond donors (Lipinski definition) is 2. The van der Waals surface area contributed by atoms with E-state index in [0.717, 1.165) is 16.3 Å². The highest BCUT2D eigenvalue weighted by atomic mass is 32.2. The van der Waals surface area contributed by atoms with Crippen LogP contribution in [0.1, 0.15) is 25.3 Å². The molecule has 1 fully saturated rings. The molecular weight excluding hydrogens is 384 g/mol. The molecule has 0 heterocycles. The number of carbonyl (C=O) groups excluding carboxylic acids is 1. The average Bonchev–Trinajstić information content (AvgIpc) is 3.54. The standard InChI is InChI=1S/C23H24N2O3S/c1-16(18-8-9-18)24-23(26)14-17-6-11-21(12-7-17)25-29(27,28)22-13-10-19-4-2-3-5-20(19)15-22/h2-7,10-13,15-16,18,25H,8-9,14H2,1H3,(H,24,26)/t16-/m1/s1. The summed E-state index contributed by atoms with van der Waals surface area (Å²) >= 11 is 0. The van der Waals surface area contributed by atoms with Gasteiger partial charge in [-0.05, 0) is 66.3 Å². The minimum absolute atomic E-state index is 0.00565. The van der Waals surface area contributed by atoms with E-state index in [-0.39, 0.29) is 23.3 Å². The van der Waals surface area contributed by atoms with Gasteiger partial charge in [-0.2, -0.15) is 0 Å². The Bertz CT molecular complexity index is 1140. The maximum absolute atomic E-state index is 12.7. The molecule has 1 saturated carbocycles. The maximum Gasteiger partial charge on any atom is 0.261 e. The van der Waals surface area contributed by atoms with Crippen LogP contribution in [0.2, 0.25) is 0 Å². The summed E-state index contributed by atoms with van der Waals surface area (Å²) < 4.78 is 28.1. The molecule has 1 atom stereocenters. The Morgan fingerprint density at radius 2 is 1.69 bits per heavy atom. The summed E-state index contributed by atoms with van der Waals surface area (Å²) in [5.41, 5.74) is 1.31. The van der Waals surface area contributed by atoms with E-state index in [0.29, 0.717) is 11.6 Å². The van der Waals surface area contributed by atoms with Crippen molar-refractivity contribution in [2.45, 2.75) is 37.1 Å². The fourth-order valence-electron chi connectivity index (χ4n) is 3.44. The Morgan fingerprint density at radius 3 is 2.38 bits per heavy atom. The lowest BCUT2D eigenvalue weighted by Gasteiger charge is -2.13. The number of carbonyl (C=O) groups is 1. The van der Waals surface area contributed by atoms with E-state index in [9.17, 15) is 13.2 Å². The Morgan fingerprint density at radius 1 is 1.00 bits per heavy atom. The number of anilines is 1. The van der Waals surface area contributed by atoms with Crippen molar-refractivity contribution in [1.29, 1.82) is 0 Å². The van der Waals surface area contributed by atoms with Crippen LogP contribution in [0.15, 0.2) is 71.6 Å². The molecule has 0 spiro atoms. The largest absolute Gasteiger partial charge is 0.353 e. The first kappa shape index (κ1) is 19.5. The molecular formula is C23H24N2O3S. The quantitative estimate of drug-likeness (QED) is 0.618. The molecule has 6 heteroatoms. The monoisotopic (exact) mass is 408 g/mol. The van der Waals surface area contributed by atoms with Gasteiger partial charge in [0.05, 0.1) is 11.3 Å². The van der Waals surface area contributed by atoms with Crippen LogP contribution in [0, 0.1) is 5.92 Å². The van der Waals surface area contributed by atoms with Gasteiger partial charge in [-0.1, -0.05) is 42.5 Å². The predicted molar refractivity (Wildman–Crippen MR) is 115 cm³/mol. The van der Waals surface area contributed by atoms with E-state index < -0.39 is 10.0 Å². The number of sulfonamides is 1. The van der Waals surface area contributed by atoms with Crippen molar-refractivity contribution in [3.8, 4) is 0 Å². The van der Waals surface area contributed by atoms with Crippen LogP contribution in [0.3, 0.4) is 0 Å². The minimum Gasteiger partial charge on any atom is -0.353 e. The molecule has 1 aliphatic rings. The van der Waals surface area contributed by atoms with E-state index in [1.54, 1.807) is 42.5 Å². The number of benzene rings is 3. The fraction of sp³-hybridized carbons (Fsp3) is 0.261. The third-order valence-corrected chi connectivity index (χ3v) is 6.70. The Hall–Kier alpha value is -2.86. The van der Waals surface area contributed by atoms with Crippen molar-refractivity contribution < 1.29 is 13.2 Å². The van der Waals surface area contributed by atoms with Gasteiger partial charge < -0.3 is 5.32 Å². The van der Waals surface area contributed by atoms with E-state index >= 15 is 0 Å². The summed E-state index contributed by atoms with van der Waals surface area (Å²) in [4.78, 5) is 12.4. The number of nitrogens with one attached hydrogen (secondary N) is 2. The van der Waals surface area contributed by atoms with Gasteiger partial charge in [-0.25, -0.2) is 8.42 Å². The van der Waals surface area contributed by atoms with Crippen LogP contribution >= 0.6 is 0 Å². The van der Waals surface area contributed by atoms with E-state index in [1.165, 1.54) is 12.8 Å². The first-order chi connectivity index (χ1) is 13.9. The molecule has 0 bridgehead atoms. The molecule has 0 radical (unpaired) electrons. The Balaban J connectivity index is 1.42. The fourth-order valence-corrected chi connectivity index (χ4v) is 4.54. The third-order valence-electron chi connectivity index (χ3n) is 5.32. The first-order valence-corrected chi connectivity index (χ1v) is 11.3. The summed E-state index contributed by atoms with van der Waals surface area (Å²) in [7, 11) is -3.69. The van der Waals surface area contributed by atoms with E-state index in [2.05, 4.69) is 10.0 Å². The van der Waals surface area contributed by atoms with Gasteiger partial charge in [-0.3, -0.25) is 9.52 Å². The minimum atomic E-state index is -3.69. The summed E-state index contributed by atoms with van der Waals surface area (Å²) in [5, 5.41) is 4.89. The molecule has 3 aromatic carbocycles. The smallest absolute Gasteiger partial charge is 0.261 e. The number of amides is 1. The summed E-state index contributed by atoms with van der Waals surface area (Å²) in [6.45, 7) is 2.04. The van der Waals surface area contributed by atoms with Crippen LogP contribution in [-0.4, -0.2) is 20.4 Å². The Kier molecular flexibility index (Phi) is 5.28. The van der Waals surface area contributed by atoms with Gasteiger partial charge in [0.15, 0.2) is 0 Å². The first-order valence-electron chi connectivity index (χ1n) is 9.81. The zero-order valence-corrected chi connectivity index (χ0v) is 17.1. The van der Waals surface area contributed by atoms with Crippen LogP contribution in [0.5, 0.6) is 0 Å². The molecule has 2 N–H and O–H groups in total. The predicted octanol–water partition coefficient (Wildman–Crippen LogP) is 4.10. The molecule has 0 aromatic heterocycles.